The van der Waals surface area contributed by atoms with Gasteiger partial charge >= 0.3 is 0 Å². The molecule has 4 rings (SSSR count). The fraction of sp³-hybridized carbons (Fsp3) is 0.500. The van der Waals surface area contributed by atoms with E-state index in [0.717, 1.165) is 48.3 Å². The molecule has 0 N–H and O–H groups in total. The Bertz CT molecular complexity index is 1230. The highest BCUT2D eigenvalue weighted by Gasteiger charge is 2.36. The molecule has 174 valence electrons. The van der Waals surface area contributed by atoms with Crippen molar-refractivity contribution in [3.63, 3.8) is 0 Å². The molecule has 4 heterocycles. The van der Waals surface area contributed by atoms with E-state index < -0.39 is 0 Å². The van der Waals surface area contributed by atoms with Crippen LogP contribution in [0.1, 0.15) is 45.3 Å². The number of aryl methyl sites for hydroxylation is 1. The molecule has 3 aromatic rings. The van der Waals surface area contributed by atoms with Crippen molar-refractivity contribution in [2.75, 3.05) is 18.0 Å². The van der Waals surface area contributed by atoms with Gasteiger partial charge in [0, 0.05) is 44.3 Å². The zero-order chi connectivity index (χ0) is 23.7. The van der Waals surface area contributed by atoms with Crippen molar-refractivity contribution in [2.45, 2.75) is 58.3 Å². The van der Waals surface area contributed by atoms with E-state index in [1.807, 2.05) is 0 Å². The van der Waals surface area contributed by atoms with E-state index in [2.05, 4.69) is 46.7 Å². The standard InChI is InChI=1S/C24H30FN7O/c1-5-18-14-32(19(6-2)13-31(18)16(3)20-8-7-17(25)12-27-20)21-11-23(33)29(4)22-15-30(10-9-26)28-24(21)22/h7-8,11-12,15-16,18-19H,5-6,10,13-14H2,1-4H3/t16-,18-,19+/m1/s1. The Kier molecular flexibility index (Phi) is 6.47. The van der Waals surface area contributed by atoms with Crippen LogP contribution in [0, 0.1) is 17.1 Å². The van der Waals surface area contributed by atoms with E-state index in [-0.39, 0.29) is 36.0 Å². The molecule has 3 atom stereocenters. The Balaban J connectivity index is 1.72. The van der Waals surface area contributed by atoms with E-state index in [0.29, 0.717) is 0 Å². The molecular formula is C24H30FN7O. The van der Waals surface area contributed by atoms with Crippen LogP contribution in [0.5, 0.6) is 0 Å². The van der Waals surface area contributed by atoms with Gasteiger partial charge in [-0.25, -0.2) is 4.39 Å². The summed E-state index contributed by atoms with van der Waals surface area (Å²) in [7, 11) is 1.73. The van der Waals surface area contributed by atoms with E-state index >= 15 is 0 Å². The molecule has 0 aromatic carbocycles. The molecule has 1 saturated heterocycles. The van der Waals surface area contributed by atoms with Crippen molar-refractivity contribution < 1.29 is 4.39 Å². The fourth-order valence-corrected chi connectivity index (χ4v) is 4.87. The first-order valence-electron chi connectivity index (χ1n) is 11.5. The van der Waals surface area contributed by atoms with Crippen LogP contribution in [0.25, 0.3) is 11.0 Å². The van der Waals surface area contributed by atoms with E-state index in [4.69, 9.17) is 5.26 Å². The number of nitriles is 1. The van der Waals surface area contributed by atoms with Gasteiger partial charge in [-0.2, -0.15) is 10.4 Å². The summed E-state index contributed by atoms with van der Waals surface area (Å²) < 4.78 is 16.6. The molecule has 0 saturated carbocycles. The molecular weight excluding hydrogens is 421 g/mol. The van der Waals surface area contributed by atoms with Crippen LogP contribution < -0.4 is 10.5 Å². The first kappa shape index (κ1) is 22.9. The van der Waals surface area contributed by atoms with Gasteiger partial charge in [0.25, 0.3) is 5.56 Å². The summed E-state index contributed by atoms with van der Waals surface area (Å²) in [5.74, 6) is -0.334. The highest BCUT2D eigenvalue weighted by atomic mass is 19.1. The largest absolute Gasteiger partial charge is 0.364 e. The number of hydrogen-bond acceptors (Lipinski definition) is 6. The molecule has 0 spiro atoms. The normalized spacial score (nSPS) is 20.2. The lowest BCUT2D eigenvalue weighted by molar-refractivity contribution is 0.0991. The number of nitrogens with zero attached hydrogens (tertiary/aromatic N) is 7. The molecule has 0 radical (unpaired) electrons. The van der Waals surface area contributed by atoms with Gasteiger partial charge in [0.1, 0.15) is 17.9 Å². The van der Waals surface area contributed by atoms with Crippen molar-refractivity contribution in [2.24, 2.45) is 7.05 Å². The van der Waals surface area contributed by atoms with Crippen LogP contribution in [-0.4, -0.2) is 49.4 Å². The minimum absolute atomic E-state index is 0.0465. The number of hydrogen-bond donors (Lipinski definition) is 0. The topological polar surface area (TPSA) is 83.0 Å². The van der Waals surface area contributed by atoms with Gasteiger partial charge in [0.05, 0.1) is 35.4 Å². The van der Waals surface area contributed by atoms with Crippen molar-refractivity contribution in [1.29, 1.82) is 5.26 Å². The van der Waals surface area contributed by atoms with Crippen LogP contribution in [0.3, 0.4) is 0 Å². The third-order valence-corrected chi connectivity index (χ3v) is 6.84. The Hall–Kier alpha value is -3.25. The van der Waals surface area contributed by atoms with E-state index in [9.17, 15) is 9.18 Å². The summed E-state index contributed by atoms with van der Waals surface area (Å²) in [5.41, 5.74) is 3.04. The monoisotopic (exact) mass is 451 g/mol. The average Bonchev–Trinajstić information content (AvgIpc) is 3.25. The second kappa shape index (κ2) is 9.32. The summed E-state index contributed by atoms with van der Waals surface area (Å²) in [4.78, 5) is 21.8. The van der Waals surface area contributed by atoms with Gasteiger partial charge in [-0.3, -0.25) is 19.4 Å². The first-order valence-corrected chi connectivity index (χ1v) is 11.5. The van der Waals surface area contributed by atoms with Crippen LogP contribution in [-0.2, 0) is 13.6 Å². The van der Waals surface area contributed by atoms with Crippen molar-refractivity contribution in [3.8, 4) is 6.07 Å². The zero-order valence-electron chi connectivity index (χ0n) is 19.6. The predicted octanol–water partition coefficient (Wildman–Crippen LogP) is 3.23. The molecule has 1 fully saturated rings. The number of aromatic nitrogens is 4. The van der Waals surface area contributed by atoms with Crippen LogP contribution in [0.15, 0.2) is 35.4 Å². The van der Waals surface area contributed by atoms with Gasteiger partial charge in [0.15, 0.2) is 0 Å². The molecule has 1 aliphatic rings. The predicted molar refractivity (Wildman–Crippen MR) is 125 cm³/mol. The Morgan fingerprint density at radius 1 is 1.24 bits per heavy atom. The second-order valence-electron chi connectivity index (χ2n) is 8.70. The van der Waals surface area contributed by atoms with Gasteiger partial charge < -0.3 is 9.47 Å². The quantitative estimate of drug-likeness (QED) is 0.572. The number of rotatable bonds is 6. The van der Waals surface area contributed by atoms with Crippen molar-refractivity contribution >= 4 is 16.7 Å². The Morgan fingerprint density at radius 2 is 2.00 bits per heavy atom. The average molecular weight is 452 g/mol. The SMILES string of the molecule is CC[C@H]1CN([C@H](C)c2ccc(F)cn2)[C@H](CC)CN1c1cc(=O)n(C)c2cn(CC#N)nc12. The Labute approximate surface area is 192 Å². The van der Waals surface area contributed by atoms with Gasteiger partial charge in [-0.05, 0) is 31.9 Å². The molecule has 0 bridgehead atoms. The Morgan fingerprint density at radius 3 is 2.64 bits per heavy atom. The lowest BCUT2D eigenvalue weighted by Gasteiger charge is -2.49. The van der Waals surface area contributed by atoms with Gasteiger partial charge in [-0.15, -0.1) is 0 Å². The molecule has 0 amide bonds. The third kappa shape index (κ3) is 4.23. The lowest BCUT2D eigenvalue weighted by Crippen LogP contribution is -2.59. The van der Waals surface area contributed by atoms with Gasteiger partial charge in [0.2, 0.25) is 0 Å². The maximum atomic E-state index is 13.4. The van der Waals surface area contributed by atoms with Gasteiger partial charge in [-0.1, -0.05) is 13.8 Å². The molecule has 0 unspecified atom stereocenters. The van der Waals surface area contributed by atoms with Crippen LogP contribution >= 0.6 is 0 Å². The lowest BCUT2D eigenvalue weighted by atomic mass is 9.98. The molecule has 8 nitrogen and oxygen atoms in total. The van der Waals surface area contributed by atoms with Crippen molar-refractivity contribution in [1.82, 2.24) is 24.2 Å². The summed E-state index contributed by atoms with van der Waals surface area (Å²) in [5, 5.41) is 13.7. The number of fused-ring (bicyclic) bond motifs is 1. The number of piperazine rings is 1. The number of halogens is 1. The highest BCUT2D eigenvalue weighted by molar-refractivity contribution is 5.88. The molecule has 1 aliphatic heterocycles. The second-order valence-corrected chi connectivity index (χ2v) is 8.70. The van der Waals surface area contributed by atoms with Crippen molar-refractivity contribution in [3.05, 3.63) is 52.5 Å². The summed E-state index contributed by atoms with van der Waals surface area (Å²) >= 11 is 0. The summed E-state index contributed by atoms with van der Waals surface area (Å²) in [6.45, 7) is 8.10. The minimum atomic E-state index is -0.334. The maximum Gasteiger partial charge on any atom is 0.252 e. The first-order chi connectivity index (χ1) is 15.9. The fourth-order valence-electron chi connectivity index (χ4n) is 4.87. The number of anilines is 1. The number of pyridine rings is 2. The maximum absolute atomic E-state index is 13.4. The molecule has 9 heteroatoms. The molecule has 0 aliphatic carbocycles. The van der Waals surface area contributed by atoms with Crippen LogP contribution in [0.2, 0.25) is 0 Å². The third-order valence-electron chi connectivity index (χ3n) is 6.84. The minimum Gasteiger partial charge on any atom is -0.364 e. The van der Waals surface area contributed by atoms with E-state index in [1.165, 1.54) is 12.3 Å². The molecule has 33 heavy (non-hydrogen) atoms. The zero-order valence-corrected chi connectivity index (χ0v) is 19.6. The van der Waals surface area contributed by atoms with E-state index in [1.54, 1.807) is 34.6 Å². The smallest absolute Gasteiger partial charge is 0.252 e. The summed E-state index contributed by atoms with van der Waals surface area (Å²) in [6, 6.07) is 7.45. The van der Waals surface area contributed by atoms with Crippen LogP contribution in [0.4, 0.5) is 10.1 Å². The summed E-state index contributed by atoms with van der Waals surface area (Å²) in [6.07, 6.45) is 4.86. The molecule has 3 aromatic heterocycles. The highest BCUT2D eigenvalue weighted by Crippen LogP contribution is 2.33.